The van der Waals surface area contributed by atoms with Crippen molar-refractivity contribution < 1.29 is 9.32 Å². The molecule has 1 saturated heterocycles. The zero-order valence-electron chi connectivity index (χ0n) is 14.8. The molecule has 8 heteroatoms. The van der Waals surface area contributed by atoms with Crippen molar-refractivity contribution in [2.24, 2.45) is 0 Å². The van der Waals surface area contributed by atoms with Crippen LogP contribution in [0.4, 0.5) is 0 Å². The number of amides is 1. The van der Waals surface area contributed by atoms with Gasteiger partial charge in [0.25, 0.3) is 0 Å². The van der Waals surface area contributed by atoms with E-state index in [2.05, 4.69) is 20.2 Å². The summed E-state index contributed by atoms with van der Waals surface area (Å²) < 4.78 is 7.18. The molecule has 4 rings (SSSR count). The minimum atomic E-state index is 0.0626. The van der Waals surface area contributed by atoms with Crippen LogP contribution in [0.25, 0.3) is 11.4 Å². The zero-order valence-corrected chi connectivity index (χ0v) is 14.8. The monoisotopic (exact) mass is 352 g/mol. The van der Waals surface area contributed by atoms with Crippen LogP contribution in [0, 0.1) is 13.8 Å². The Bertz CT molecular complexity index is 917. The molecule has 0 aromatic carbocycles. The molecular weight excluding hydrogens is 332 g/mol. The van der Waals surface area contributed by atoms with E-state index in [-0.39, 0.29) is 18.4 Å². The van der Waals surface area contributed by atoms with E-state index in [1.54, 1.807) is 17.1 Å². The predicted molar refractivity (Wildman–Crippen MR) is 93.2 cm³/mol. The summed E-state index contributed by atoms with van der Waals surface area (Å²) in [6.45, 7) is 5.43. The second-order valence-electron chi connectivity index (χ2n) is 6.60. The molecule has 4 heterocycles. The Labute approximate surface area is 150 Å². The van der Waals surface area contributed by atoms with Crippen LogP contribution in [0.3, 0.4) is 0 Å². The van der Waals surface area contributed by atoms with Gasteiger partial charge in [-0.3, -0.25) is 14.5 Å². The maximum absolute atomic E-state index is 12.6. The van der Waals surface area contributed by atoms with Crippen molar-refractivity contribution >= 4 is 5.91 Å². The number of carbonyl (C=O) groups excluding carboxylic acids is 1. The molecule has 3 aromatic rings. The maximum Gasteiger partial charge on any atom is 0.244 e. The minimum Gasteiger partial charge on any atom is -0.340 e. The number of hydrogen-bond donors (Lipinski definition) is 0. The van der Waals surface area contributed by atoms with Gasteiger partial charge in [-0.25, -0.2) is 0 Å². The molecule has 1 fully saturated rings. The highest BCUT2D eigenvalue weighted by atomic mass is 16.5. The molecule has 0 N–H and O–H groups in total. The lowest BCUT2D eigenvalue weighted by Gasteiger charge is -2.16. The second-order valence-corrected chi connectivity index (χ2v) is 6.60. The summed E-state index contributed by atoms with van der Waals surface area (Å²) in [6.07, 6.45) is 4.21. The third kappa shape index (κ3) is 3.22. The van der Waals surface area contributed by atoms with E-state index in [4.69, 9.17) is 4.52 Å². The first-order valence-electron chi connectivity index (χ1n) is 8.63. The Morgan fingerprint density at radius 2 is 2.12 bits per heavy atom. The molecule has 1 atom stereocenters. The summed E-state index contributed by atoms with van der Waals surface area (Å²) in [7, 11) is 0. The van der Waals surface area contributed by atoms with Gasteiger partial charge in [0.15, 0.2) is 0 Å². The molecule has 3 aromatic heterocycles. The van der Waals surface area contributed by atoms with Crippen LogP contribution in [0.1, 0.15) is 29.6 Å². The molecule has 134 valence electrons. The van der Waals surface area contributed by atoms with Gasteiger partial charge in [0.2, 0.25) is 17.6 Å². The number of rotatable bonds is 4. The highest BCUT2D eigenvalue weighted by molar-refractivity contribution is 5.76. The number of pyridine rings is 1. The van der Waals surface area contributed by atoms with Gasteiger partial charge in [-0.2, -0.15) is 10.1 Å². The molecule has 0 aliphatic carbocycles. The molecule has 0 bridgehead atoms. The van der Waals surface area contributed by atoms with Gasteiger partial charge >= 0.3 is 0 Å². The summed E-state index contributed by atoms with van der Waals surface area (Å²) >= 11 is 0. The van der Waals surface area contributed by atoms with Crippen LogP contribution < -0.4 is 0 Å². The number of aromatic nitrogens is 5. The first kappa shape index (κ1) is 16.4. The van der Waals surface area contributed by atoms with Crippen molar-refractivity contribution in [3.8, 4) is 11.4 Å². The lowest BCUT2D eigenvalue weighted by molar-refractivity contribution is -0.131. The van der Waals surface area contributed by atoms with Crippen LogP contribution in [0.2, 0.25) is 0 Å². The summed E-state index contributed by atoms with van der Waals surface area (Å²) in [6, 6.07) is 5.65. The molecule has 8 nitrogen and oxygen atoms in total. The quantitative estimate of drug-likeness (QED) is 0.713. The van der Waals surface area contributed by atoms with E-state index in [1.165, 1.54) is 0 Å². The lowest BCUT2D eigenvalue weighted by Crippen LogP contribution is -2.32. The smallest absolute Gasteiger partial charge is 0.244 e. The Kier molecular flexibility index (Phi) is 4.24. The Hall–Kier alpha value is -3.03. The minimum absolute atomic E-state index is 0.0626. The normalized spacial score (nSPS) is 17.0. The molecule has 1 aliphatic heterocycles. The largest absolute Gasteiger partial charge is 0.340 e. The molecular formula is C18H20N6O2. The second kappa shape index (κ2) is 6.70. The molecule has 1 amide bonds. The third-order valence-corrected chi connectivity index (χ3v) is 4.66. The van der Waals surface area contributed by atoms with Crippen LogP contribution >= 0.6 is 0 Å². The van der Waals surface area contributed by atoms with Crippen molar-refractivity contribution in [1.29, 1.82) is 0 Å². The predicted octanol–water partition coefficient (Wildman–Crippen LogP) is 1.96. The van der Waals surface area contributed by atoms with Gasteiger partial charge in [-0.1, -0.05) is 5.16 Å². The number of nitrogens with zero attached hydrogens (tertiary/aromatic N) is 6. The molecule has 0 spiro atoms. The van der Waals surface area contributed by atoms with E-state index in [0.29, 0.717) is 24.8 Å². The van der Waals surface area contributed by atoms with Crippen molar-refractivity contribution in [2.45, 2.75) is 32.7 Å². The van der Waals surface area contributed by atoms with Gasteiger partial charge in [-0.05, 0) is 38.5 Å². The number of hydrogen-bond acceptors (Lipinski definition) is 6. The lowest BCUT2D eigenvalue weighted by atomic mass is 10.1. The fourth-order valence-electron chi connectivity index (χ4n) is 3.27. The van der Waals surface area contributed by atoms with E-state index in [1.807, 2.05) is 36.9 Å². The average Bonchev–Trinajstić information content (AvgIpc) is 3.36. The number of carbonyl (C=O) groups is 1. The SMILES string of the molecule is Cc1cc(C)n(CC(=O)N2CC[C@H](c3nc(-c4ccncc4)no3)C2)n1. The standard InChI is InChI=1S/C18H20N6O2/c1-12-9-13(2)24(21-12)11-16(25)23-8-5-15(10-23)18-20-17(22-26-18)14-3-6-19-7-4-14/h3-4,6-7,9,15H,5,8,10-11H2,1-2H3/t15-/m0/s1. The van der Waals surface area contributed by atoms with Gasteiger partial charge in [0, 0.05) is 36.7 Å². The van der Waals surface area contributed by atoms with E-state index in [9.17, 15) is 4.79 Å². The summed E-state index contributed by atoms with van der Waals surface area (Å²) in [4.78, 5) is 22.9. The van der Waals surface area contributed by atoms with E-state index < -0.39 is 0 Å². The maximum atomic E-state index is 12.6. The van der Waals surface area contributed by atoms with Crippen LogP contribution in [-0.2, 0) is 11.3 Å². The van der Waals surface area contributed by atoms with Crippen molar-refractivity contribution in [2.75, 3.05) is 13.1 Å². The molecule has 0 unspecified atom stereocenters. The molecule has 26 heavy (non-hydrogen) atoms. The first-order valence-corrected chi connectivity index (χ1v) is 8.63. The number of likely N-dealkylation sites (tertiary alicyclic amines) is 1. The van der Waals surface area contributed by atoms with Gasteiger partial charge in [0.1, 0.15) is 6.54 Å². The molecule has 0 saturated carbocycles. The third-order valence-electron chi connectivity index (χ3n) is 4.66. The van der Waals surface area contributed by atoms with Gasteiger partial charge < -0.3 is 9.42 Å². The fourth-order valence-corrected chi connectivity index (χ4v) is 3.27. The van der Waals surface area contributed by atoms with Crippen molar-refractivity contribution in [3.63, 3.8) is 0 Å². The fraction of sp³-hybridized carbons (Fsp3) is 0.389. The first-order chi connectivity index (χ1) is 12.6. The van der Waals surface area contributed by atoms with Crippen LogP contribution in [0.5, 0.6) is 0 Å². The van der Waals surface area contributed by atoms with Gasteiger partial charge in [0.05, 0.1) is 11.6 Å². The average molecular weight is 352 g/mol. The highest BCUT2D eigenvalue weighted by Crippen LogP contribution is 2.27. The number of aryl methyl sites for hydroxylation is 2. The Balaban J connectivity index is 1.41. The topological polar surface area (TPSA) is 89.9 Å². The molecule has 0 radical (unpaired) electrons. The van der Waals surface area contributed by atoms with E-state index >= 15 is 0 Å². The van der Waals surface area contributed by atoms with Crippen LogP contribution in [0.15, 0.2) is 35.1 Å². The summed E-state index contributed by atoms with van der Waals surface area (Å²) in [5, 5.41) is 8.41. The van der Waals surface area contributed by atoms with Crippen LogP contribution in [-0.4, -0.2) is 48.8 Å². The summed E-state index contributed by atoms with van der Waals surface area (Å²) in [5.74, 6) is 1.27. The zero-order chi connectivity index (χ0) is 18.1. The molecule has 1 aliphatic rings. The highest BCUT2D eigenvalue weighted by Gasteiger charge is 2.31. The van der Waals surface area contributed by atoms with E-state index in [0.717, 1.165) is 23.4 Å². The summed E-state index contributed by atoms with van der Waals surface area (Å²) in [5.41, 5.74) is 2.78. The van der Waals surface area contributed by atoms with Gasteiger partial charge in [-0.15, -0.1) is 0 Å². The Morgan fingerprint density at radius 3 is 2.85 bits per heavy atom. The Morgan fingerprint density at radius 1 is 1.31 bits per heavy atom. The van der Waals surface area contributed by atoms with Crippen molar-refractivity contribution in [3.05, 3.63) is 47.9 Å². The van der Waals surface area contributed by atoms with Crippen molar-refractivity contribution in [1.82, 2.24) is 29.8 Å².